The van der Waals surface area contributed by atoms with Gasteiger partial charge in [-0.05, 0) is 35.4 Å². The summed E-state index contributed by atoms with van der Waals surface area (Å²) in [6, 6.07) is 10.1. The average molecular weight is 417 g/mol. The highest BCUT2D eigenvalue weighted by molar-refractivity contribution is 5.95. The Bertz CT molecular complexity index is 999. The zero-order chi connectivity index (χ0) is 22.1. The number of carbonyl (C=O) groups excluding carboxylic acids is 2. The van der Waals surface area contributed by atoms with E-state index >= 15 is 0 Å². The zero-order valence-electron chi connectivity index (χ0n) is 16.8. The summed E-state index contributed by atoms with van der Waals surface area (Å²) >= 11 is 0. The maximum absolute atomic E-state index is 13.1. The third kappa shape index (κ3) is 4.48. The lowest BCUT2D eigenvalue weighted by atomic mass is 9.93. The van der Waals surface area contributed by atoms with Gasteiger partial charge in [-0.1, -0.05) is 24.3 Å². The number of halogens is 3. The van der Waals surface area contributed by atoms with Crippen molar-refractivity contribution < 1.29 is 22.8 Å². The molecular weight excluding hydrogens is 395 g/mol. The van der Waals surface area contributed by atoms with Crippen LogP contribution in [0.4, 0.5) is 24.5 Å². The molecule has 2 aromatic carbocycles. The Morgan fingerprint density at radius 2 is 1.83 bits per heavy atom. The van der Waals surface area contributed by atoms with E-state index in [9.17, 15) is 22.8 Å². The minimum Gasteiger partial charge on any atom is -0.376 e. The minimum atomic E-state index is -4.52. The van der Waals surface area contributed by atoms with Crippen LogP contribution in [0.3, 0.4) is 0 Å². The second-order valence-corrected chi connectivity index (χ2v) is 7.26. The number of nitrogens with one attached hydrogen (secondary N) is 1. The number of nitrogens with zero attached hydrogens (tertiary/aromatic N) is 2. The number of rotatable bonds is 4. The van der Waals surface area contributed by atoms with Crippen molar-refractivity contribution in [3.05, 3.63) is 65.4 Å². The molecule has 0 bridgehead atoms. The highest BCUT2D eigenvalue weighted by Gasteiger charge is 2.32. The van der Waals surface area contributed by atoms with Crippen LogP contribution < -0.4 is 10.2 Å². The van der Waals surface area contributed by atoms with Gasteiger partial charge in [-0.3, -0.25) is 9.59 Å². The van der Waals surface area contributed by atoms with Crippen molar-refractivity contribution in [3.8, 4) is 0 Å². The SMILES string of the molecule is CC(=O)N1C=Cc2ccccc2[C@@H]1CC(=O)Nc1cc(C(F)(F)F)ccc1N(C)C. The molecule has 2 amide bonds. The van der Waals surface area contributed by atoms with Gasteiger partial charge in [0.05, 0.1) is 29.4 Å². The smallest absolute Gasteiger partial charge is 0.376 e. The highest BCUT2D eigenvalue weighted by atomic mass is 19.4. The molecule has 0 saturated heterocycles. The highest BCUT2D eigenvalue weighted by Crippen LogP contribution is 2.36. The van der Waals surface area contributed by atoms with E-state index in [4.69, 9.17) is 0 Å². The van der Waals surface area contributed by atoms with Gasteiger partial charge in [0, 0.05) is 27.2 Å². The molecule has 0 unspecified atom stereocenters. The third-order valence-electron chi connectivity index (χ3n) is 4.93. The van der Waals surface area contributed by atoms with Gasteiger partial charge in [0.1, 0.15) is 0 Å². The Hall–Kier alpha value is -3.29. The first-order valence-corrected chi connectivity index (χ1v) is 9.32. The number of anilines is 2. The van der Waals surface area contributed by atoms with E-state index in [1.165, 1.54) is 17.9 Å². The summed E-state index contributed by atoms with van der Waals surface area (Å²) in [6.07, 6.45) is -1.20. The van der Waals surface area contributed by atoms with Crippen molar-refractivity contribution in [2.45, 2.75) is 25.6 Å². The van der Waals surface area contributed by atoms with E-state index in [0.29, 0.717) is 5.69 Å². The van der Waals surface area contributed by atoms with Gasteiger partial charge in [0.15, 0.2) is 0 Å². The minimum absolute atomic E-state index is 0.0637. The summed E-state index contributed by atoms with van der Waals surface area (Å²) in [4.78, 5) is 28.0. The summed E-state index contributed by atoms with van der Waals surface area (Å²) in [6.45, 7) is 1.40. The van der Waals surface area contributed by atoms with Crippen LogP contribution in [0.5, 0.6) is 0 Å². The monoisotopic (exact) mass is 417 g/mol. The first-order chi connectivity index (χ1) is 14.1. The lowest BCUT2D eigenvalue weighted by Crippen LogP contribution is -2.33. The number of amides is 2. The molecule has 8 heteroatoms. The van der Waals surface area contributed by atoms with E-state index in [0.717, 1.165) is 23.3 Å². The summed E-state index contributed by atoms with van der Waals surface area (Å²) in [5.74, 6) is -0.717. The van der Waals surface area contributed by atoms with Gasteiger partial charge in [0.2, 0.25) is 11.8 Å². The average Bonchev–Trinajstić information content (AvgIpc) is 2.67. The fourth-order valence-electron chi connectivity index (χ4n) is 3.49. The fourth-order valence-corrected chi connectivity index (χ4v) is 3.49. The second kappa shape index (κ2) is 8.22. The molecule has 0 spiro atoms. The molecule has 3 rings (SSSR count). The predicted octanol–water partition coefficient (Wildman–Crippen LogP) is 4.67. The largest absolute Gasteiger partial charge is 0.416 e. The molecule has 0 aliphatic carbocycles. The van der Waals surface area contributed by atoms with Crippen LogP contribution in [-0.4, -0.2) is 30.8 Å². The molecule has 1 N–H and O–H groups in total. The van der Waals surface area contributed by atoms with Crippen LogP contribution in [0.25, 0.3) is 6.08 Å². The first-order valence-electron chi connectivity index (χ1n) is 9.32. The van der Waals surface area contributed by atoms with Crippen LogP contribution in [-0.2, 0) is 15.8 Å². The number of hydrogen-bond donors (Lipinski definition) is 1. The van der Waals surface area contributed by atoms with Crippen molar-refractivity contribution in [1.82, 2.24) is 4.90 Å². The number of alkyl halides is 3. The molecule has 1 aliphatic heterocycles. The lowest BCUT2D eigenvalue weighted by molar-refractivity contribution is -0.137. The fraction of sp³-hybridized carbons (Fsp3) is 0.273. The second-order valence-electron chi connectivity index (χ2n) is 7.26. The molecule has 1 aliphatic rings. The summed E-state index contributed by atoms with van der Waals surface area (Å²) < 4.78 is 39.4. The van der Waals surface area contributed by atoms with E-state index in [-0.39, 0.29) is 18.0 Å². The van der Waals surface area contributed by atoms with Gasteiger partial charge in [-0.25, -0.2) is 0 Å². The Labute approximate surface area is 172 Å². The molecule has 0 fully saturated rings. The zero-order valence-corrected chi connectivity index (χ0v) is 16.8. The quantitative estimate of drug-likeness (QED) is 0.786. The van der Waals surface area contributed by atoms with Gasteiger partial charge in [-0.2, -0.15) is 13.2 Å². The summed E-state index contributed by atoms with van der Waals surface area (Å²) in [5.41, 5.74) is 1.36. The van der Waals surface area contributed by atoms with E-state index < -0.39 is 23.7 Å². The van der Waals surface area contributed by atoms with E-state index in [2.05, 4.69) is 5.32 Å². The van der Waals surface area contributed by atoms with Gasteiger partial charge in [-0.15, -0.1) is 0 Å². The van der Waals surface area contributed by atoms with Crippen LogP contribution in [0.1, 0.15) is 36.1 Å². The van der Waals surface area contributed by atoms with Crippen molar-refractivity contribution in [2.24, 2.45) is 0 Å². The lowest BCUT2D eigenvalue weighted by Gasteiger charge is -2.32. The van der Waals surface area contributed by atoms with Gasteiger partial charge in [0.25, 0.3) is 0 Å². The third-order valence-corrected chi connectivity index (χ3v) is 4.93. The molecule has 30 heavy (non-hydrogen) atoms. The summed E-state index contributed by atoms with van der Waals surface area (Å²) in [5, 5.41) is 2.60. The first kappa shape index (κ1) is 21.4. The van der Waals surface area contributed by atoms with Gasteiger partial charge >= 0.3 is 6.18 Å². The number of benzene rings is 2. The number of hydrogen-bond acceptors (Lipinski definition) is 3. The Kier molecular flexibility index (Phi) is 5.87. The Balaban J connectivity index is 1.89. The van der Waals surface area contributed by atoms with Crippen LogP contribution in [0, 0.1) is 0 Å². The molecule has 158 valence electrons. The summed E-state index contributed by atoms with van der Waals surface area (Å²) in [7, 11) is 3.36. The number of carbonyl (C=O) groups is 2. The maximum Gasteiger partial charge on any atom is 0.416 e. The molecule has 5 nitrogen and oxygen atoms in total. The molecule has 1 atom stereocenters. The molecular formula is C22H22F3N3O2. The standard InChI is InChI=1S/C22H22F3N3O2/c1-14(29)28-11-10-15-6-4-5-7-17(15)20(28)13-21(30)26-18-12-16(22(23,24)25)8-9-19(18)27(2)3/h4-12,20H,13H2,1-3H3,(H,26,30)/t20-/m0/s1. The normalized spacial score (nSPS) is 15.5. The number of fused-ring (bicyclic) bond motifs is 1. The Morgan fingerprint density at radius 3 is 2.47 bits per heavy atom. The van der Waals surface area contributed by atoms with Crippen LogP contribution >= 0.6 is 0 Å². The van der Waals surface area contributed by atoms with Crippen molar-refractivity contribution in [2.75, 3.05) is 24.3 Å². The molecule has 1 heterocycles. The molecule has 0 radical (unpaired) electrons. The Morgan fingerprint density at radius 1 is 1.13 bits per heavy atom. The van der Waals surface area contributed by atoms with E-state index in [1.54, 1.807) is 31.3 Å². The topological polar surface area (TPSA) is 52.7 Å². The molecule has 2 aromatic rings. The van der Waals surface area contributed by atoms with Crippen LogP contribution in [0.2, 0.25) is 0 Å². The maximum atomic E-state index is 13.1. The van der Waals surface area contributed by atoms with E-state index in [1.807, 2.05) is 24.3 Å². The van der Waals surface area contributed by atoms with Gasteiger partial charge < -0.3 is 15.1 Å². The molecule has 0 aromatic heterocycles. The van der Waals surface area contributed by atoms with Crippen molar-refractivity contribution in [1.29, 1.82) is 0 Å². The van der Waals surface area contributed by atoms with Crippen LogP contribution in [0.15, 0.2) is 48.7 Å². The van der Waals surface area contributed by atoms with Crippen molar-refractivity contribution in [3.63, 3.8) is 0 Å². The molecule has 0 saturated carbocycles. The predicted molar refractivity (Wildman–Crippen MR) is 110 cm³/mol. The van der Waals surface area contributed by atoms with Crippen molar-refractivity contribution >= 4 is 29.3 Å².